The zero-order chi connectivity index (χ0) is 24.7. The van der Waals surface area contributed by atoms with Crippen LogP contribution >= 0.6 is 23.1 Å². The molecule has 0 radical (unpaired) electrons. The van der Waals surface area contributed by atoms with Crippen molar-refractivity contribution in [2.24, 2.45) is 5.16 Å². The number of aryl methyl sites for hydroxylation is 1. The maximum atomic E-state index is 13.1. The Morgan fingerprint density at radius 3 is 2.89 bits per heavy atom. The Morgan fingerprint density at radius 1 is 1.43 bits per heavy atom. The molecule has 0 spiro atoms. The highest BCUT2D eigenvalue weighted by atomic mass is 32.2. The standard InChI is InChI=1S/C22H22N6O5S2/c1-11-3-2-6-27(7-11)8-12-9-34-20-16(19(30)28(20)17(12)21(31)32)25-18(29)15(26-33-13-4-5-13)14-10-35-22(23)24-14/h2-3,6-7,10,13,16,20H,4-5,8-9H2,1H3,(H3-,23,24,25,29,31,32)/p+1/t16-,20+/m1/s1. The number of aromatic nitrogens is 2. The molecular weight excluding hydrogens is 492 g/mol. The lowest BCUT2D eigenvalue weighted by molar-refractivity contribution is -0.689. The predicted octanol–water partition coefficient (Wildman–Crippen LogP) is 0.643. The molecule has 2 aliphatic heterocycles. The van der Waals surface area contributed by atoms with Crippen molar-refractivity contribution >= 4 is 51.7 Å². The van der Waals surface area contributed by atoms with E-state index >= 15 is 0 Å². The van der Waals surface area contributed by atoms with Crippen molar-refractivity contribution in [2.75, 3.05) is 11.5 Å². The molecule has 11 nitrogen and oxygen atoms in total. The van der Waals surface area contributed by atoms with Gasteiger partial charge in [-0.3, -0.25) is 14.5 Å². The van der Waals surface area contributed by atoms with Crippen molar-refractivity contribution in [2.45, 2.75) is 43.8 Å². The summed E-state index contributed by atoms with van der Waals surface area (Å²) in [5, 5.41) is 17.9. The van der Waals surface area contributed by atoms with Gasteiger partial charge in [0.05, 0.1) is 0 Å². The average Bonchev–Trinajstić information content (AvgIpc) is 3.55. The van der Waals surface area contributed by atoms with Crippen molar-refractivity contribution < 1.29 is 28.9 Å². The van der Waals surface area contributed by atoms with Crippen LogP contribution in [0.5, 0.6) is 0 Å². The molecule has 2 atom stereocenters. The predicted molar refractivity (Wildman–Crippen MR) is 128 cm³/mol. The molecule has 4 N–H and O–H groups in total. The van der Waals surface area contributed by atoms with E-state index < -0.39 is 29.2 Å². The number of nitrogens with two attached hydrogens (primary N) is 1. The van der Waals surface area contributed by atoms with E-state index in [9.17, 15) is 19.5 Å². The smallest absolute Gasteiger partial charge is 0.352 e. The number of anilines is 1. The zero-order valence-corrected chi connectivity index (χ0v) is 20.3. The Labute approximate surface area is 208 Å². The van der Waals surface area contributed by atoms with Crippen LogP contribution in [0, 0.1) is 6.92 Å². The normalized spacial score (nSPS) is 21.9. The number of nitrogens with one attached hydrogen (secondary N) is 1. The van der Waals surface area contributed by atoms with Gasteiger partial charge in [0.1, 0.15) is 28.9 Å². The maximum absolute atomic E-state index is 13.1. The molecule has 3 aliphatic rings. The Hall–Kier alpha value is -3.45. The highest BCUT2D eigenvalue weighted by Gasteiger charge is 2.54. The van der Waals surface area contributed by atoms with Gasteiger partial charge in [0, 0.05) is 28.3 Å². The number of hydrogen-bond acceptors (Lipinski definition) is 9. The SMILES string of the molecule is Cc1ccc[n+](CC2=C(C(=O)O)N3C(=O)[C@@H](NC(=O)C(=NOC4CC4)c4csc(N)n4)[C@@H]3SC2)c1. The Morgan fingerprint density at radius 2 is 2.23 bits per heavy atom. The van der Waals surface area contributed by atoms with E-state index in [1.54, 1.807) is 5.38 Å². The molecule has 5 rings (SSSR count). The van der Waals surface area contributed by atoms with Gasteiger partial charge in [-0.05, 0) is 25.8 Å². The van der Waals surface area contributed by atoms with Gasteiger partial charge in [0.2, 0.25) is 0 Å². The summed E-state index contributed by atoms with van der Waals surface area (Å²) in [6.45, 7) is 2.30. The van der Waals surface area contributed by atoms with Crippen LogP contribution in [0.4, 0.5) is 5.13 Å². The fourth-order valence-electron chi connectivity index (χ4n) is 3.89. The fraction of sp³-hybridized carbons (Fsp3) is 0.364. The quantitative estimate of drug-likeness (QED) is 0.201. The van der Waals surface area contributed by atoms with E-state index in [2.05, 4.69) is 15.5 Å². The Balaban J connectivity index is 1.34. The molecule has 0 unspecified atom stereocenters. The van der Waals surface area contributed by atoms with Crippen molar-refractivity contribution in [3.63, 3.8) is 0 Å². The second-order valence-electron chi connectivity index (χ2n) is 8.49. The van der Waals surface area contributed by atoms with E-state index in [-0.39, 0.29) is 28.3 Å². The number of carbonyl (C=O) groups is 3. The molecule has 2 fully saturated rings. The minimum Gasteiger partial charge on any atom is -0.477 e. The lowest BCUT2D eigenvalue weighted by Gasteiger charge is -2.49. The number of oxime groups is 1. The third-order valence-corrected chi connectivity index (χ3v) is 7.73. The van der Waals surface area contributed by atoms with Crippen LogP contribution in [0.15, 0.2) is 46.3 Å². The molecule has 35 heavy (non-hydrogen) atoms. The van der Waals surface area contributed by atoms with E-state index in [0.29, 0.717) is 17.9 Å². The number of β-lactam (4-membered cyclic amide) rings is 1. The summed E-state index contributed by atoms with van der Waals surface area (Å²) >= 11 is 2.57. The molecule has 182 valence electrons. The van der Waals surface area contributed by atoms with Gasteiger partial charge in [-0.2, -0.15) is 0 Å². The van der Waals surface area contributed by atoms with Gasteiger partial charge in [-0.1, -0.05) is 5.16 Å². The summed E-state index contributed by atoms with van der Waals surface area (Å²) < 4.78 is 1.89. The van der Waals surface area contributed by atoms with E-state index in [4.69, 9.17) is 10.6 Å². The summed E-state index contributed by atoms with van der Waals surface area (Å²) in [5.74, 6) is -1.87. The number of thiazole rings is 1. The van der Waals surface area contributed by atoms with E-state index in [1.807, 2.05) is 36.0 Å². The first-order chi connectivity index (χ1) is 16.8. The first-order valence-electron chi connectivity index (χ1n) is 10.9. The number of thioether (sulfide) groups is 1. The van der Waals surface area contributed by atoms with Crippen LogP contribution in [0.1, 0.15) is 24.1 Å². The molecule has 1 aliphatic carbocycles. The number of carbonyl (C=O) groups excluding carboxylic acids is 2. The number of aliphatic carboxylic acids is 1. The number of nitrogen functional groups attached to an aromatic ring is 1. The second kappa shape index (κ2) is 9.30. The number of hydrogen-bond donors (Lipinski definition) is 3. The summed E-state index contributed by atoms with van der Waals surface area (Å²) in [5.41, 5.74) is 7.54. The Kier molecular flexibility index (Phi) is 6.19. The van der Waals surface area contributed by atoms with E-state index in [1.165, 1.54) is 16.7 Å². The Bertz CT molecular complexity index is 1270. The number of amides is 2. The summed E-state index contributed by atoms with van der Waals surface area (Å²) in [6.07, 6.45) is 5.46. The first kappa shape index (κ1) is 23.3. The third kappa shape index (κ3) is 4.73. The molecular formula is C22H23N6O5S2+. The zero-order valence-electron chi connectivity index (χ0n) is 18.7. The topological polar surface area (TPSA) is 151 Å². The molecule has 0 aromatic carbocycles. The molecule has 4 heterocycles. The van der Waals surface area contributed by atoms with Crippen molar-refractivity contribution in [1.82, 2.24) is 15.2 Å². The number of fused-ring (bicyclic) bond motifs is 1. The van der Waals surface area contributed by atoms with Gasteiger partial charge >= 0.3 is 5.97 Å². The average molecular weight is 516 g/mol. The monoisotopic (exact) mass is 515 g/mol. The largest absolute Gasteiger partial charge is 0.477 e. The van der Waals surface area contributed by atoms with Crippen LogP contribution in [0.3, 0.4) is 0 Å². The third-order valence-electron chi connectivity index (χ3n) is 5.71. The van der Waals surface area contributed by atoms with Crippen LogP contribution in [-0.4, -0.2) is 61.8 Å². The number of carboxylic acids is 1. The van der Waals surface area contributed by atoms with Gasteiger partial charge in [-0.25, -0.2) is 14.3 Å². The van der Waals surface area contributed by atoms with Crippen LogP contribution in [0.25, 0.3) is 0 Å². The van der Waals surface area contributed by atoms with Crippen LogP contribution < -0.4 is 15.6 Å². The molecule has 13 heteroatoms. The van der Waals surface area contributed by atoms with Gasteiger partial charge < -0.3 is 21.0 Å². The number of pyridine rings is 1. The van der Waals surface area contributed by atoms with Crippen LogP contribution in [0.2, 0.25) is 0 Å². The number of rotatable bonds is 8. The summed E-state index contributed by atoms with van der Waals surface area (Å²) in [6, 6.07) is 2.95. The molecule has 1 saturated carbocycles. The minimum absolute atomic E-state index is 0.0310. The summed E-state index contributed by atoms with van der Waals surface area (Å²) in [4.78, 5) is 48.9. The van der Waals surface area contributed by atoms with Gasteiger partial charge in [0.25, 0.3) is 11.8 Å². The lowest BCUT2D eigenvalue weighted by atomic mass is 10.0. The van der Waals surface area contributed by atoms with E-state index in [0.717, 1.165) is 29.7 Å². The van der Waals surface area contributed by atoms with Crippen molar-refractivity contribution in [3.8, 4) is 0 Å². The van der Waals surface area contributed by atoms with Crippen molar-refractivity contribution in [1.29, 1.82) is 0 Å². The number of carboxylic acid groups (broad SMARTS) is 1. The molecule has 2 aromatic heterocycles. The molecule has 2 aromatic rings. The number of nitrogens with zero attached hydrogens (tertiary/aromatic N) is 4. The highest BCUT2D eigenvalue weighted by Crippen LogP contribution is 2.40. The lowest BCUT2D eigenvalue weighted by Crippen LogP contribution is -2.71. The first-order valence-corrected chi connectivity index (χ1v) is 12.9. The minimum atomic E-state index is -1.17. The molecule has 2 amide bonds. The molecule has 1 saturated heterocycles. The molecule has 0 bridgehead atoms. The maximum Gasteiger partial charge on any atom is 0.352 e. The second-order valence-corrected chi connectivity index (χ2v) is 10.5. The highest BCUT2D eigenvalue weighted by molar-refractivity contribution is 8.00. The van der Waals surface area contributed by atoms with Gasteiger partial charge in [-0.15, -0.1) is 23.1 Å². The fourth-order valence-corrected chi connectivity index (χ4v) is 5.77. The van der Waals surface area contributed by atoms with Gasteiger partial charge in [0.15, 0.2) is 29.8 Å². The van der Waals surface area contributed by atoms with Crippen LogP contribution in [-0.2, 0) is 25.8 Å². The summed E-state index contributed by atoms with van der Waals surface area (Å²) in [7, 11) is 0. The van der Waals surface area contributed by atoms with Crippen molar-refractivity contribution in [3.05, 3.63) is 52.4 Å².